The lowest BCUT2D eigenvalue weighted by Crippen LogP contribution is -2.36. The van der Waals surface area contributed by atoms with Gasteiger partial charge in [-0.2, -0.15) is 13.2 Å². The van der Waals surface area contributed by atoms with Crippen LogP contribution in [-0.2, 0) is 15.7 Å². The topological polar surface area (TPSA) is 55.3 Å². The second kappa shape index (κ2) is 8.92. The molecule has 0 bridgehead atoms. The second-order valence-corrected chi connectivity index (χ2v) is 6.17. The third-order valence-electron chi connectivity index (χ3n) is 3.68. The number of rotatable bonds is 6. The Morgan fingerprint density at radius 3 is 2.54 bits per heavy atom. The summed E-state index contributed by atoms with van der Waals surface area (Å²) in [4.78, 5) is 20.6. The second-order valence-electron chi connectivity index (χ2n) is 6.17. The van der Waals surface area contributed by atoms with E-state index in [-0.39, 0.29) is 24.4 Å². The molecule has 0 N–H and O–H groups in total. The normalized spacial score (nSPS) is 11.2. The minimum absolute atomic E-state index is 0.0733. The van der Waals surface area contributed by atoms with Crippen LogP contribution in [0.1, 0.15) is 19.5 Å². The zero-order valence-corrected chi connectivity index (χ0v) is 15.5. The van der Waals surface area contributed by atoms with Gasteiger partial charge in [-0.05, 0) is 32.0 Å². The number of hydrogen-bond acceptors (Lipinski definition) is 4. The molecule has 2 aromatic heterocycles. The van der Waals surface area contributed by atoms with Crippen LogP contribution in [0.4, 0.5) is 23.2 Å². The Morgan fingerprint density at radius 2 is 1.96 bits per heavy atom. The van der Waals surface area contributed by atoms with E-state index in [2.05, 4.69) is 9.97 Å². The van der Waals surface area contributed by atoms with Crippen LogP contribution in [0.2, 0.25) is 0 Å². The van der Waals surface area contributed by atoms with Crippen molar-refractivity contribution < 1.29 is 27.1 Å². The molecule has 9 heteroatoms. The number of methoxy groups -OCH3 is 1. The highest BCUT2D eigenvalue weighted by Gasteiger charge is 2.38. The number of alkyl halides is 3. The van der Waals surface area contributed by atoms with Crippen molar-refractivity contribution in [2.24, 2.45) is 0 Å². The monoisotopic (exact) mass is 397 g/mol. The van der Waals surface area contributed by atoms with Gasteiger partial charge in [-0.25, -0.2) is 9.37 Å². The molecule has 2 rings (SSSR count). The fraction of sp³-hybridized carbons (Fsp3) is 0.316. The van der Waals surface area contributed by atoms with E-state index in [1.165, 1.54) is 19.4 Å². The van der Waals surface area contributed by atoms with Crippen molar-refractivity contribution >= 4 is 11.6 Å². The summed E-state index contributed by atoms with van der Waals surface area (Å²) in [5.41, 5.74) is -0.833. The van der Waals surface area contributed by atoms with Crippen molar-refractivity contribution in [2.45, 2.75) is 20.0 Å². The third kappa shape index (κ3) is 5.35. The lowest BCUT2D eigenvalue weighted by molar-refractivity contribution is -0.140. The summed E-state index contributed by atoms with van der Waals surface area (Å²) in [7, 11) is 1.28. The van der Waals surface area contributed by atoms with Crippen LogP contribution in [0.15, 0.2) is 42.2 Å². The standard InChI is InChI=1S/C19H19F4N3O2/c1-12(2)6-7-26(17(27)11-28-3)16-5-4-15(25-18(16)19(21,22)23)13-8-14(20)10-24-9-13/h4-6,8-10H,7,11H2,1-3H3. The van der Waals surface area contributed by atoms with Gasteiger partial charge in [0.1, 0.15) is 12.4 Å². The summed E-state index contributed by atoms with van der Waals surface area (Å²) in [5, 5.41) is 0. The van der Waals surface area contributed by atoms with Crippen molar-refractivity contribution in [3.8, 4) is 11.3 Å². The molecule has 0 fully saturated rings. The van der Waals surface area contributed by atoms with Gasteiger partial charge in [-0.15, -0.1) is 0 Å². The number of amides is 1. The Hall–Kier alpha value is -2.81. The van der Waals surface area contributed by atoms with E-state index < -0.39 is 29.3 Å². The number of hydrogen-bond donors (Lipinski definition) is 0. The van der Waals surface area contributed by atoms with Gasteiger partial charge in [0, 0.05) is 25.4 Å². The average molecular weight is 397 g/mol. The highest BCUT2D eigenvalue weighted by Crippen LogP contribution is 2.37. The van der Waals surface area contributed by atoms with Crippen molar-refractivity contribution in [3.63, 3.8) is 0 Å². The molecule has 0 saturated carbocycles. The fourth-order valence-electron chi connectivity index (χ4n) is 2.40. The van der Waals surface area contributed by atoms with E-state index in [1.807, 2.05) is 0 Å². The SMILES string of the molecule is COCC(=O)N(CC=C(C)C)c1ccc(-c2cncc(F)c2)nc1C(F)(F)F. The smallest absolute Gasteiger partial charge is 0.375 e. The summed E-state index contributed by atoms with van der Waals surface area (Å²) in [5.74, 6) is -1.34. The molecule has 0 spiro atoms. The number of anilines is 1. The van der Waals surface area contributed by atoms with Crippen molar-refractivity contribution in [3.05, 3.63) is 53.8 Å². The Morgan fingerprint density at radius 1 is 1.25 bits per heavy atom. The molecule has 28 heavy (non-hydrogen) atoms. The molecule has 2 aromatic rings. The number of ether oxygens (including phenoxy) is 1. The van der Waals surface area contributed by atoms with Crippen LogP contribution in [0.25, 0.3) is 11.3 Å². The molecule has 0 aliphatic rings. The molecule has 150 valence electrons. The first-order valence-electron chi connectivity index (χ1n) is 8.25. The van der Waals surface area contributed by atoms with E-state index in [4.69, 9.17) is 4.74 Å². The molecule has 1 amide bonds. The molecule has 0 aliphatic carbocycles. The summed E-state index contributed by atoms with van der Waals surface area (Å²) in [6.45, 7) is 3.07. The maximum atomic E-state index is 13.7. The summed E-state index contributed by atoms with van der Waals surface area (Å²) >= 11 is 0. The predicted octanol–water partition coefficient (Wildman–Crippen LogP) is 4.25. The molecule has 0 saturated heterocycles. The summed E-state index contributed by atoms with van der Waals surface area (Å²) in [6, 6.07) is 3.46. The molecule has 0 radical (unpaired) electrons. The Kier molecular flexibility index (Phi) is 6.85. The van der Waals surface area contributed by atoms with Crippen molar-refractivity contribution in [1.29, 1.82) is 0 Å². The first kappa shape index (κ1) is 21.5. The van der Waals surface area contributed by atoms with Crippen LogP contribution in [0.3, 0.4) is 0 Å². The quantitative estimate of drug-likeness (QED) is 0.540. The lowest BCUT2D eigenvalue weighted by atomic mass is 10.1. The average Bonchev–Trinajstić information content (AvgIpc) is 2.61. The highest BCUT2D eigenvalue weighted by atomic mass is 19.4. The first-order chi connectivity index (χ1) is 13.1. The van der Waals surface area contributed by atoms with Crippen LogP contribution in [0.5, 0.6) is 0 Å². The first-order valence-corrected chi connectivity index (χ1v) is 8.25. The predicted molar refractivity (Wildman–Crippen MR) is 96.1 cm³/mol. The minimum atomic E-state index is -4.83. The van der Waals surface area contributed by atoms with Crippen LogP contribution < -0.4 is 4.90 Å². The number of aromatic nitrogens is 2. The highest BCUT2D eigenvalue weighted by molar-refractivity contribution is 5.95. The van der Waals surface area contributed by atoms with E-state index in [9.17, 15) is 22.4 Å². The molecule has 0 aliphatic heterocycles. The number of pyridine rings is 2. The van der Waals surface area contributed by atoms with Gasteiger partial charge in [0.2, 0.25) is 0 Å². The van der Waals surface area contributed by atoms with Crippen molar-refractivity contribution in [1.82, 2.24) is 9.97 Å². The molecule has 0 aromatic carbocycles. The number of halogens is 4. The largest absolute Gasteiger partial charge is 0.435 e. The maximum Gasteiger partial charge on any atom is 0.435 e. The number of allylic oxidation sites excluding steroid dienone is 1. The molecule has 0 unspecified atom stereocenters. The van der Waals surface area contributed by atoms with Gasteiger partial charge in [-0.3, -0.25) is 9.78 Å². The van der Waals surface area contributed by atoms with Crippen LogP contribution in [-0.4, -0.2) is 36.1 Å². The molecule has 0 atom stereocenters. The fourth-order valence-corrected chi connectivity index (χ4v) is 2.40. The van der Waals surface area contributed by atoms with E-state index >= 15 is 0 Å². The van der Waals surface area contributed by atoms with E-state index in [0.29, 0.717) is 0 Å². The van der Waals surface area contributed by atoms with Gasteiger partial charge < -0.3 is 9.64 Å². The van der Waals surface area contributed by atoms with Gasteiger partial charge in [0.05, 0.1) is 17.6 Å². The number of carbonyl (C=O) groups excluding carboxylic acids is 1. The van der Waals surface area contributed by atoms with E-state index in [1.54, 1.807) is 19.9 Å². The lowest BCUT2D eigenvalue weighted by Gasteiger charge is -2.25. The van der Waals surface area contributed by atoms with Crippen molar-refractivity contribution in [2.75, 3.05) is 25.2 Å². The molecule has 2 heterocycles. The Balaban J connectivity index is 2.60. The zero-order valence-electron chi connectivity index (χ0n) is 15.5. The van der Waals surface area contributed by atoms with Gasteiger partial charge in [0.15, 0.2) is 5.69 Å². The minimum Gasteiger partial charge on any atom is -0.375 e. The molecular formula is C19H19F4N3O2. The van der Waals surface area contributed by atoms with E-state index in [0.717, 1.165) is 28.8 Å². The third-order valence-corrected chi connectivity index (χ3v) is 3.68. The Labute approximate surface area is 159 Å². The van der Waals surface area contributed by atoms with Crippen LogP contribution in [0, 0.1) is 5.82 Å². The number of nitrogens with zero attached hydrogens (tertiary/aromatic N) is 3. The van der Waals surface area contributed by atoms with Gasteiger partial charge in [-0.1, -0.05) is 11.6 Å². The number of carbonyl (C=O) groups is 1. The molecule has 5 nitrogen and oxygen atoms in total. The summed E-state index contributed by atoms with van der Waals surface area (Å²) < 4.78 is 59.2. The summed E-state index contributed by atoms with van der Waals surface area (Å²) in [6.07, 6.45) is -1.06. The molecular weight excluding hydrogens is 378 g/mol. The Bertz CT molecular complexity index is 878. The zero-order chi connectivity index (χ0) is 20.9. The van der Waals surface area contributed by atoms with Gasteiger partial charge >= 0.3 is 6.18 Å². The maximum absolute atomic E-state index is 13.7. The van der Waals surface area contributed by atoms with Crippen LogP contribution >= 0.6 is 0 Å². The van der Waals surface area contributed by atoms with Gasteiger partial charge in [0.25, 0.3) is 5.91 Å².